The molecule has 190 valence electrons. The van der Waals surface area contributed by atoms with Gasteiger partial charge in [0.2, 0.25) is 0 Å². The van der Waals surface area contributed by atoms with Crippen molar-refractivity contribution in [1.29, 1.82) is 0 Å². The van der Waals surface area contributed by atoms with Crippen LogP contribution in [0.3, 0.4) is 0 Å². The Hall–Kier alpha value is -2.03. The van der Waals surface area contributed by atoms with Crippen LogP contribution in [0.5, 0.6) is 0 Å². The predicted molar refractivity (Wildman–Crippen MR) is 138 cm³/mol. The van der Waals surface area contributed by atoms with Gasteiger partial charge in [0, 0.05) is 42.8 Å². The van der Waals surface area contributed by atoms with Gasteiger partial charge in [-0.25, -0.2) is 0 Å². The lowest BCUT2D eigenvalue weighted by Gasteiger charge is -2.37. The lowest BCUT2D eigenvalue weighted by atomic mass is 9.94. The van der Waals surface area contributed by atoms with Crippen LogP contribution in [0.25, 0.3) is 0 Å². The number of aliphatic carboxylic acids is 1. The zero-order chi connectivity index (χ0) is 24.5. The molecule has 4 unspecified atom stereocenters. The molecule has 0 spiro atoms. The van der Waals surface area contributed by atoms with Gasteiger partial charge in [-0.2, -0.15) is 0 Å². The highest BCUT2D eigenvalue weighted by atomic mass is 32.1. The summed E-state index contributed by atoms with van der Waals surface area (Å²) in [6, 6.07) is 12.8. The smallest absolute Gasteiger partial charge is 0.303 e. The summed E-state index contributed by atoms with van der Waals surface area (Å²) in [5.74, 6) is -0.554. The minimum Gasteiger partial charge on any atom is -0.481 e. The minimum atomic E-state index is -0.751. The standard InChI is InChI=1S/C28H37NO5S/c30-25-18-26(34-19-23-17-22(20-35-23)16-21-8-4-3-5-9-21)24(10-6-1-2-7-11-27(31)32)28(25)29-12-14-33-15-13-29/h1,3-6,8-9,17,20,24-26,28,30H,2,7,10-16,18-19H2,(H,31,32)/b6-1+. The van der Waals surface area contributed by atoms with Gasteiger partial charge in [0.05, 0.1) is 32.0 Å². The van der Waals surface area contributed by atoms with Crippen molar-refractivity contribution in [3.8, 4) is 0 Å². The molecule has 35 heavy (non-hydrogen) atoms. The van der Waals surface area contributed by atoms with Gasteiger partial charge in [0.25, 0.3) is 0 Å². The molecule has 0 amide bonds. The number of morpholine rings is 1. The Labute approximate surface area is 212 Å². The summed E-state index contributed by atoms with van der Waals surface area (Å²) >= 11 is 1.74. The van der Waals surface area contributed by atoms with E-state index in [1.165, 1.54) is 16.0 Å². The van der Waals surface area contributed by atoms with Crippen molar-refractivity contribution in [3.63, 3.8) is 0 Å². The third-order valence-corrected chi connectivity index (χ3v) is 7.95. The molecule has 1 aliphatic heterocycles. The minimum absolute atomic E-state index is 0.0128. The molecular weight excluding hydrogens is 462 g/mol. The SMILES string of the molecule is O=C(O)CCC/C=C/CC1C(OCc2cc(Cc3ccccc3)cs2)CC(O)C1N1CCOCC1. The molecule has 2 aromatic rings. The molecule has 7 heteroatoms. The molecule has 4 rings (SSSR count). The summed E-state index contributed by atoms with van der Waals surface area (Å²) in [4.78, 5) is 14.3. The molecular formula is C28H37NO5S. The van der Waals surface area contributed by atoms with Crippen LogP contribution in [-0.4, -0.2) is 65.6 Å². The number of nitrogens with zero attached hydrogens (tertiary/aromatic N) is 1. The van der Waals surface area contributed by atoms with Crippen LogP contribution in [0.15, 0.2) is 53.9 Å². The van der Waals surface area contributed by atoms with Crippen LogP contribution in [0, 0.1) is 5.92 Å². The number of thiophene rings is 1. The third kappa shape index (κ3) is 7.72. The van der Waals surface area contributed by atoms with E-state index in [-0.39, 0.29) is 24.5 Å². The van der Waals surface area contributed by atoms with E-state index < -0.39 is 12.1 Å². The second kappa shape index (κ2) is 13.3. The van der Waals surface area contributed by atoms with E-state index in [4.69, 9.17) is 14.6 Å². The van der Waals surface area contributed by atoms with E-state index in [9.17, 15) is 9.90 Å². The van der Waals surface area contributed by atoms with E-state index in [1.54, 1.807) is 11.3 Å². The molecule has 4 atom stereocenters. The van der Waals surface area contributed by atoms with Gasteiger partial charge < -0.3 is 19.7 Å². The Bertz CT molecular complexity index is 940. The van der Waals surface area contributed by atoms with E-state index in [2.05, 4.69) is 52.8 Å². The monoisotopic (exact) mass is 499 g/mol. The molecule has 1 saturated heterocycles. The number of allylic oxidation sites excluding steroid dienone is 2. The largest absolute Gasteiger partial charge is 0.481 e. The molecule has 2 fully saturated rings. The Balaban J connectivity index is 1.36. The molecule has 1 aromatic carbocycles. The molecule has 6 nitrogen and oxygen atoms in total. The molecule has 1 aliphatic carbocycles. The molecule has 2 aliphatic rings. The summed E-state index contributed by atoms with van der Waals surface area (Å²) in [7, 11) is 0. The Morgan fingerprint density at radius 3 is 2.74 bits per heavy atom. The first-order valence-electron chi connectivity index (χ1n) is 12.7. The van der Waals surface area contributed by atoms with E-state index in [0.29, 0.717) is 32.7 Å². The normalized spacial score (nSPS) is 25.4. The van der Waals surface area contributed by atoms with Crippen molar-refractivity contribution < 1.29 is 24.5 Å². The molecule has 2 heterocycles. The number of ether oxygens (including phenoxy) is 2. The summed E-state index contributed by atoms with van der Waals surface area (Å²) < 4.78 is 12.0. The van der Waals surface area contributed by atoms with Crippen LogP contribution in [0.1, 0.15) is 48.1 Å². The molecule has 2 N–H and O–H groups in total. The van der Waals surface area contributed by atoms with Gasteiger partial charge in [-0.15, -0.1) is 11.3 Å². The zero-order valence-corrected chi connectivity index (χ0v) is 21.1. The van der Waals surface area contributed by atoms with Crippen LogP contribution in [-0.2, 0) is 27.3 Å². The van der Waals surface area contributed by atoms with Crippen LogP contribution in [0.4, 0.5) is 0 Å². The van der Waals surface area contributed by atoms with Crippen molar-refractivity contribution in [3.05, 3.63) is 69.9 Å². The number of benzene rings is 1. The fourth-order valence-corrected chi connectivity index (χ4v) is 6.10. The molecule has 1 aromatic heterocycles. The van der Waals surface area contributed by atoms with Crippen LogP contribution < -0.4 is 0 Å². The predicted octanol–water partition coefficient (Wildman–Crippen LogP) is 4.51. The first-order valence-corrected chi connectivity index (χ1v) is 13.6. The van der Waals surface area contributed by atoms with Crippen molar-refractivity contribution in [2.75, 3.05) is 26.3 Å². The Morgan fingerprint density at radius 2 is 1.97 bits per heavy atom. The number of hydrogen-bond acceptors (Lipinski definition) is 6. The maximum absolute atomic E-state index is 11.0. The highest BCUT2D eigenvalue weighted by Crippen LogP contribution is 2.37. The summed E-state index contributed by atoms with van der Waals surface area (Å²) in [6.45, 7) is 3.63. The van der Waals surface area contributed by atoms with Gasteiger partial charge >= 0.3 is 5.97 Å². The average molecular weight is 500 g/mol. The van der Waals surface area contributed by atoms with Gasteiger partial charge in [-0.3, -0.25) is 9.69 Å². The maximum Gasteiger partial charge on any atom is 0.303 e. The van der Waals surface area contributed by atoms with Crippen LogP contribution in [0.2, 0.25) is 0 Å². The number of carbonyl (C=O) groups is 1. The summed E-state index contributed by atoms with van der Waals surface area (Å²) in [5, 5.41) is 22.0. The molecule has 1 saturated carbocycles. The number of rotatable bonds is 12. The number of hydrogen-bond donors (Lipinski definition) is 2. The van der Waals surface area contributed by atoms with Crippen molar-refractivity contribution in [2.24, 2.45) is 5.92 Å². The fourth-order valence-electron chi connectivity index (χ4n) is 5.29. The van der Waals surface area contributed by atoms with Crippen LogP contribution >= 0.6 is 11.3 Å². The van der Waals surface area contributed by atoms with Gasteiger partial charge in [-0.1, -0.05) is 42.5 Å². The lowest BCUT2D eigenvalue weighted by Crippen LogP contribution is -2.50. The zero-order valence-electron chi connectivity index (χ0n) is 20.3. The van der Waals surface area contributed by atoms with E-state index in [1.807, 2.05) is 6.07 Å². The second-order valence-corrected chi connectivity index (χ2v) is 10.5. The first-order chi connectivity index (χ1) is 17.1. The van der Waals surface area contributed by atoms with Gasteiger partial charge in [0.1, 0.15) is 0 Å². The number of aliphatic hydroxyl groups excluding tert-OH is 1. The maximum atomic E-state index is 11.0. The Kier molecular flexibility index (Phi) is 9.92. The summed E-state index contributed by atoms with van der Waals surface area (Å²) in [5.41, 5.74) is 2.61. The highest BCUT2D eigenvalue weighted by Gasteiger charge is 2.45. The number of aliphatic hydroxyl groups is 1. The number of unbranched alkanes of at least 4 members (excludes halogenated alkanes) is 1. The van der Waals surface area contributed by atoms with E-state index in [0.717, 1.165) is 32.4 Å². The van der Waals surface area contributed by atoms with Gasteiger partial charge in [0.15, 0.2) is 0 Å². The van der Waals surface area contributed by atoms with Crippen molar-refractivity contribution in [1.82, 2.24) is 4.90 Å². The van der Waals surface area contributed by atoms with Gasteiger partial charge in [-0.05, 0) is 48.3 Å². The van der Waals surface area contributed by atoms with Crippen molar-refractivity contribution >= 4 is 17.3 Å². The quantitative estimate of drug-likeness (QED) is 0.331. The average Bonchev–Trinajstić information content (AvgIpc) is 3.44. The first kappa shape index (κ1) is 26.0. The molecule has 0 bridgehead atoms. The fraction of sp³-hybridized carbons (Fsp3) is 0.536. The Morgan fingerprint density at radius 1 is 1.17 bits per heavy atom. The lowest BCUT2D eigenvalue weighted by molar-refractivity contribution is -0.137. The third-order valence-electron chi connectivity index (χ3n) is 6.99. The number of carboxylic acids is 1. The molecule has 0 radical (unpaired) electrons. The number of carboxylic acid groups (broad SMARTS) is 1. The summed E-state index contributed by atoms with van der Waals surface area (Å²) in [6.07, 6.45) is 7.79. The highest BCUT2D eigenvalue weighted by molar-refractivity contribution is 7.10. The van der Waals surface area contributed by atoms with Crippen molar-refractivity contribution in [2.45, 2.75) is 63.4 Å². The topological polar surface area (TPSA) is 79.2 Å². The van der Waals surface area contributed by atoms with E-state index >= 15 is 0 Å². The second-order valence-electron chi connectivity index (χ2n) is 9.53.